The van der Waals surface area contributed by atoms with Crippen LogP contribution >= 0.6 is 0 Å². The summed E-state index contributed by atoms with van der Waals surface area (Å²) in [5, 5.41) is 15.9. The summed E-state index contributed by atoms with van der Waals surface area (Å²) < 4.78 is 1.59. The third kappa shape index (κ3) is 2.83. The van der Waals surface area contributed by atoms with Gasteiger partial charge in [0, 0.05) is 6.54 Å². The van der Waals surface area contributed by atoms with E-state index in [1.807, 2.05) is 0 Å². The second kappa shape index (κ2) is 4.74. The number of hydrogen-bond acceptors (Lipinski definition) is 3. The van der Waals surface area contributed by atoms with E-state index in [1.165, 1.54) is 6.20 Å². The van der Waals surface area contributed by atoms with Gasteiger partial charge in [-0.25, -0.2) is 4.79 Å². The van der Waals surface area contributed by atoms with Crippen molar-refractivity contribution in [3.05, 3.63) is 11.9 Å². The molecule has 0 aliphatic rings. The predicted octanol–water partition coefficient (Wildman–Crippen LogP) is 1.41. The Bertz CT molecular complexity index is 309. The molecular formula is C9H15N3O2. The van der Waals surface area contributed by atoms with Gasteiger partial charge in [0.15, 0.2) is 5.69 Å². The SMILES string of the molecule is CCCC(C)Cn1cc(C(=O)O)nn1. The van der Waals surface area contributed by atoms with Gasteiger partial charge < -0.3 is 5.11 Å². The van der Waals surface area contributed by atoms with E-state index in [0.717, 1.165) is 19.4 Å². The molecule has 0 bridgehead atoms. The number of rotatable bonds is 5. The quantitative estimate of drug-likeness (QED) is 0.775. The number of carbonyl (C=O) groups is 1. The summed E-state index contributed by atoms with van der Waals surface area (Å²) in [6.45, 7) is 4.97. The zero-order chi connectivity index (χ0) is 10.6. The lowest BCUT2D eigenvalue weighted by Crippen LogP contribution is -2.08. The highest BCUT2D eigenvalue weighted by Crippen LogP contribution is 2.07. The molecule has 0 saturated heterocycles. The Kier molecular flexibility index (Phi) is 3.62. The summed E-state index contributed by atoms with van der Waals surface area (Å²) in [6.07, 6.45) is 3.71. The van der Waals surface area contributed by atoms with Gasteiger partial charge in [0.25, 0.3) is 0 Å². The molecule has 5 heteroatoms. The predicted molar refractivity (Wildman–Crippen MR) is 51.1 cm³/mol. The maximum Gasteiger partial charge on any atom is 0.358 e. The molecule has 0 amide bonds. The highest BCUT2D eigenvalue weighted by Gasteiger charge is 2.09. The number of hydrogen-bond donors (Lipinski definition) is 1. The number of carboxylic acids is 1. The van der Waals surface area contributed by atoms with Crippen LogP contribution in [0.5, 0.6) is 0 Å². The topological polar surface area (TPSA) is 68.0 Å². The Labute approximate surface area is 82.7 Å². The second-order valence-electron chi connectivity index (χ2n) is 3.52. The first-order valence-electron chi connectivity index (χ1n) is 4.77. The number of aromatic carboxylic acids is 1. The molecule has 1 heterocycles. The minimum absolute atomic E-state index is 0.00805. The molecule has 0 aromatic carbocycles. The Balaban J connectivity index is 2.55. The van der Waals surface area contributed by atoms with E-state index in [9.17, 15) is 4.79 Å². The lowest BCUT2D eigenvalue weighted by Gasteiger charge is -2.08. The van der Waals surface area contributed by atoms with Gasteiger partial charge in [-0.1, -0.05) is 25.5 Å². The van der Waals surface area contributed by atoms with Crippen molar-refractivity contribution in [2.45, 2.75) is 33.2 Å². The minimum atomic E-state index is -1.03. The summed E-state index contributed by atoms with van der Waals surface area (Å²) >= 11 is 0. The fourth-order valence-electron chi connectivity index (χ4n) is 1.39. The average Bonchev–Trinajstić information content (AvgIpc) is 2.53. The van der Waals surface area contributed by atoms with Crippen LogP contribution in [0.1, 0.15) is 37.2 Å². The van der Waals surface area contributed by atoms with E-state index < -0.39 is 5.97 Å². The van der Waals surface area contributed by atoms with Crippen LogP contribution in [0, 0.1) is 5.92 Å². The molecular weight excluding hydrogens is 182 g/mol. The van der Waals surface area contributed by atoms with Crippen LogP contribution in [-0.4, -0.2) is 26.1 Å². The second-order valence-corrected chi connectivity index (χ2v) is 3.52. The molecule has 0 radical (unpaired) electrons. The summed E-state index contributed by atoms with van der Waals surface area (Å²) in [7, 11) is 0. The van der Waals surface area contributed by atoms with Crippen molar-refractivity contribution in [1.82, 2.24) is 15.0 Å². The van der Waals surface area contributed by atoms with E-state index in [0.29, 0.717) is 5.92 Å². The van der Waals surface area contributed by atoms with Crippen LogP contribution in [0.25, 0.3) is 0 Å². The van der Waals surface area contributed by atoms with Gasteiger partial charge in [0.05, 0.1) is 6.20 Å². The minimum Gasteiger partial charge on any atom is -0.476 e. The first-order valence-corrected chi connectivity index (χ1v) is 4.77. The molecule has 1 rings (SSSR count). The summed E-state index contributed by atoms with van der Waals surface area (Å²) in [5.41, 5.74) is 0.00805. The van der Waals surface area contributed by atoms with Gasteiger partial charge in [-0.15, -0.1) is 5.10 Å². The first kappa shape index (κ1) is 10.7. The van der Waals surface area contributed by atoms with E-state index in [2.05, 4.69) is 24.2 Å². The van der Waals surface area contributed by atoms with Crippen LogP contribution in [0.4, 0.5) is 0 Å². The van der Waals surface area contributed by atoms with E-state index in [4.69, 9.17) is 5.11 Å². The lowest BCUT2D eigenvalue weighted by molar-refractivity contribution is 0.0690. The highest BCUT2D eigenvalue weighted by molar-refractivity contribution is 5.84. The van der Waals surface area contributed by atoms with Gasteiger partial charge in [-0.3, -0.25) is 4.68 Å². The van der Waals surface area contributed by atoms with Crippen molar-refractivity contribution in [2.24, 2.45) is 5.92 Å². The van der Waals surface area contributed by atoms with Crippen molar-refractivity contribution < 1.29 is 9.90 Å². The number of aromatic nitrogens is 3. The average molecular weight is 197 g/mol. The fourth-order valence-corrected chi connectivity index (χ4v) is 1.39. The van der Waals surface area contributed by atoms with Gasteiger partial charge >= 0.3 is 5.97 Å². The van der Waals surface area contributed by atoms with Crippen molar-refractivity contribution >= 4 is 5.97 Å². The summed E-state index contributed by atoms with van der Waals surface area (Å²) in [4.78, 5) is 10.5. The van der Waals surface area contributed by atoms with Gasteiger partial charge in [0.2, 0.25) is 0 Å². The molecule has 1 aromatic heterocycles. The zero-order valence-electron chi connectivity index (χ0n) is 8.47. The Hall–Kier alpha value is -1.39. The maximum absolute atomic E-state index is 10.5. The largest absolute Gasteiger partial charge is 0.476 e. The molecule has 14 heavy (non-hydrogen) atoms. The van der Waals surface area contributed by atoms with Crippen LogP contribution in [0.15, 0.2) is 6.20 Å². The van der Waals surface area contributed by atoms with Gasteiger partial charge in [0.1, 0.15) is 0 Å². The highest BCUT2D eigenvalue weighted by atomic mass is 16.4. The zero-order valence-corrected chi connectivity index (χ0v) is 8.47. The first-order chi connectivity index (χ1) is 6.63. The molecule has 1 aromatic rings. The molecule has 1 atom stereocenters. The van der Waals surface area contributed by atoms with E-state index in [-0.39, 0.29) is 5.69 Å². The number of carboxylic acid groups (broad SMARTS) is 1. The third-order valence-electron chi connectivity index (χ3n) is 2.04. The lowest BCUT2D eigenvalue weighted by atomic mass is 10.1. The van der Waals surface area contributed by atoms with Crippen LogP contribution < -0.4 is 0 Å². The molecule has 0 spiro atoms. The van der Waals surface area contributed by atoms with Crippen molar-refractivity contribution in [3.8, 4) is 0 Å². The summed E-state index contributed by atoms with van der Waals surface area (Å²) in [5.74, 6) is -0.525. The Morgan fingerprint density at radius 1 is 1.71 bits per heavy atom. The fraction of sp³-hybridized carbons (Fsp3) is 0.667. The monoisotopic (exact) mass is 197 g/mol. The molecule has 0 fully saturated rings. The van der Waals surface area contributed by atoms with E-state index >= 15 is 0 Å². The molecule has 0 aliphatic carbocycles. The van der Waals surface area contributed by atoms with E-state index in [1.54, 1.807) is 4.68 Å². The van der Waals surface area contributed by atoms with Crippen LogP contribution in [-0.2, 0) is 6.54 Å². The molecule has 5 nitrogen and oxygen atoms in total. The molecule has 78 valence electrons. The number of nitrogens with zero attached hydrogens (tertiary/aromatic N) is 3. The van der Waals surface area contributed by atoms with Crippen LogP contribution in [0.3, 0.4) is 0 Å². The van der Waals surface area contributed by atoms with Crippen LogP contribution in [0.2, 0.25) is 0 Å². The summed E-state index contributed by atoms with van der Waals surface area (Å²) in [6, 6.07) is 0. The maximum atomic E-state index is 10.5. The third-order valence-corrected chi connectivity index (χ3v) is 2.04. The molecule has 0 saturated carbocycles. The molecule has 1 N–H and O–H groups in total. The van der Waals surface area contributed by atoms with Gasteiger partial charge in [-0.05, 0) is 12.3 Å². The van der Waals surface area contributed by atoms with Crippen molar-refractivity contribution in [1.29, 1.82) is 0 Å². The standard InChI is InChI=1S/C9H15N3O2/c1-3-4-7(2)5-12-6-8(9(13)14)10-11-12/h6-7H,3-5H2,1-2H3,(H,13,14). The smallest absolute Gasteiger partial charge is 0.358 e. The normalized spacial score (nSPS) is 12.7. The molecule has 1 unspecified atom stereocenters. The van der Waals surface area contributed by atoms with Crippen molar-refractivity contribution in [2.75, 3.05) is 0 Å². The molecule has 0 aliphatic heterocycles. The van der Waals surface area contributed by atoms with Gasteiger partial charge in [-0.2, -0.15) is 0 Å². The Morgan fingerprint density at radius 3 is 2.93 bits per heavy atom. The van der Waals surface area contributed by atoms with Crippen molar-refractivity contribution in [3.63, 3.8) is 0 Å². The Morgan fingerprint density at radius 2 is 2.43 bits per heavy atom.